The second kappa shape index (κ2) is 6.97. The summed E-state index contributed by atoms with van der Waals surface area (Å²) in [6.45, 7) is 4.33. The van der Waals surface area contributed by atoms with Crippen molar-refractivity contribution in [2.24, 2.45) is 0 Å². The van der Waals surface area contributed by atoms with Crippen molar-refractivity contribution >= 4 is 41.6 Å². The van der Waals surface area contributed by atoms with E-state index in [1.165, 1.54) is 6.33 Å². The summed E-state index contributed by atoms with van der Waals surface area (Å²) in [4.78, 5) is 19.3. The number of aromatic nitrogens is 2. The highest BCUT2D eigenvalue weighted by Gasteiger charge is 2.20. The van der Waals surface area contributed by atoms with Crippen LogP contribution in [0.3, 0.4) is 0 Å². The quantitative estimate of drug-likeness (QED) is 0.628. The molecule has 1 amide bonds. The van der Waals surface area contributed by atoms with Crippen LogP contribution in [-0.4, -0.2) is 30.3 Å². The van der Waals surface area contributed by atoms with Gasteiger partial charge in [0.05, 0.1) is 23.1 Å². The van der Waals surface area contributed by atoms with E-state index in [1.807, 2.05) is 13.8 Å². The number of halogens is 1. The number of carbonyl (C=O) groups excluding carboxylic acids is 1. The number of aromatic amines is 1. The largest absolute Gasteiger partial charge is 0.352 e. The summed E-state index contributed by atoms with van der Waals surface area (Å²) >= 11 is 0. The van der Waals surface area contributed by atoms with Gasteiger partial charge in [-0.3, -0.25) is 4.79 Å². The summed E-state index contributed by atoms with van der Waals surface area (Å²) in [7, 11) is 5.76. The van der Waals surface area contributed by atoms with Gasteiger partial charge in [0, 0.05) is 12.2 Å². The van der Waals surface area contributed by atoms with Gasteiger partial charge in [0.2, 0.25) is 0 Å². The molecule has 0 fully saturated rings. The molecule has 1 heterocycles. The van der Waals surface area contributed by atoms with Crippen LogP contribution < -0.4 is 16.1 Å². The third kappa shape index (κ3) is 3.35. The lowest BCUT2D eigenvalue weighted by molar-refractivity contribution is 0.0954. The number of hydrogen-bond donors (Lipinski definition) is 3. The number of nitrogens with one attached hydrogen (secondary N) is 3. The summed E-state index contributed by atoms with van der Waals surface area (Å²) in [5.74, 6) is -0.913. The second-order valence-corrected chi connectivity index (χ2v) is 5.87. The van der Waals surface area contributed by atoms with E-state index in [0.717, 1.165) is 12.0 Å². The predicted molar refractivity (Wildman–Crippen MR) is 98.5 cm³/mol. The van der Waals surface area contributed by atoms with Crippen molar-refractivity contribution in [2.45, 2.75) is 20.3 Å². The highest BCUT2D eigenvalue weighted by atomic mass is 19.1. The Kier molecular flexibility index (Phi) is 4.74. The van der Waals surface area contributed by atoms with Gasteiger partial charge in [-0.15, -0.1) is 0 Å². The molecule has 0 saturated heterocycles. The van der Waals surface area contributed by atoms with Crippen molar-refractivity contribution in [1.29, 1.82) is 0 Å². The number of amides is 1. The number of imidazole rings is 1. The van der Waals surface area contributed by atoms with E-state index in [9.17, 15) is 9.18 Å². The molecule has 3 rings (SSSR count). The number of aryl methyl sites for hydroxylation is 1. The number of H-pyrrole nitrogens is 1. The maximum Gasteiger partial charge on any atom is 0.253 e. The summed E-state index contributed by atoms with van der Waals surface area (Å²) in [6.07, 6.45) is 2.19. The summed E-state index contributed by atoms with van der Waals surface area (Å²) in [5, 5.41) is 5.81. The Balaban J connectivity index is 2.10. The fourth-order valence-electron chi connectivity index (χ4n) is 2.64. The maximum atomic E-state index is 15.0. The van der Waals surface area contributed by atoms with E-state index in [0.29, 0.717) is 23.2 Å². The van der Waals surface area contributed by atoms with Crippen molar-refractivity contribution in [2.75, 3.05) is 11.9 Å². The van der Waals surface area contributed by atoms with Crippen molar-refractivity contribution in [1.82, 2.24) is 15.3 Å². The van der Waals surface area contributed by atoms with Crippen LogP contribution in [0.5, 0.6) is 0 Å². The Morgan fingerprint density at radius 3 is 2.88 bits per heavy atom. The van der Waals surface area contributed by atoms with Gasteiger partial charge in [-0.2, -0.15) is 0 Å². The predicted octanol–water partition coefficient (Wildman–Crippen LogP) is 2.69. The smallest absolute Gasteiger partial charge is 0.253 e. The zero-order valence-corrected chi connectivity index (χ0v) is 14.1. The van der Waals surface area contributed by atoms with Crippen LogP contribution in [0.2, 0.25) is 0 Å². The van der Waals surface area contributed by atoms with E-state index in [2.05, 4.69) is 20.6 Å². The second-order valence-electron chi connectivity index (χ2n) is 5.87. The minimum Gasteiger partial charge on any atom is -0.352 e. The normalized spacial score (nSPS) is 10.8. The molecule has 5 nitrogen and oxygen atoms in total. The topological polar surface area (TPSA) is 69.8 Å². The van der Waals surface area contributed by atoms with Crippen LogP contribution in [0.25, 0.3) is 11.0 Å². The van der Waals surface area contributed by atoms with E-state index in [1.54, 1.807) is 24.3 Å². The van der Waals surface area contributed by atoms with Crippen molar-refractivity contribution in [3.63, 3.8) is 0 Å². The van der Waals surface area contributed by atoms with Crippen LogP contribution >= 0.6 is 0 Å². The number of carbonyl (C=O) groups is 1. The van der Waals surface area contributed by atoms with E-state index < -0.39 is 5.82 Å². The van der Waals surface area contributed by atoms with E-state index in [4.69, 9.17) is 7.85 Å². The van der Waals surface area contributed by atoms with Gasteiger partial charge in [-0.05, 0) is 31.0 Å². The molecule has 3 N–H and O–H groups in total. The molecular formula is C18H18BFN4O. The molecule has 126 valence electrons. The van der Waals surface area contributed by atoms with Crippen molar-refractivity contribution in [3.8, 4) is 0 Å². The average Bonchev–Trinajstić information content (AvgIpc) is 3.05. The highest BCUT2D eigenvalue weighted by molar-refractivity contribution is 6.32. The molecule has 1 aromatic heterocycles. The monoisotopic (exact) mass is 336 g/mol. The van der Waals surface area contributed by atoms with Crippen LogP contribution in [-0.2, 0) is 0 Å². The molecular weight excluding hydrogens is 318 g/mol. The molecule has 25 heavy (non-hydrogen) atoms. The van der Waals surface area contributed by atoms with Crippen molar-refractivity contribution in [3.05, 3.63) is 47.5 Å². The molecule has 0 aliphatic heterocycles. The number of benzene rings is 2. The third-order valence-corrected chi connectivity index (χ3v) is 3.94. The first-order valence-electron chi connectivity index (χ1n) is 8.08. The standard InChI is InChI=1S/C18H18BFN4O/c1-3-6-21-18(25)12-8-14-17(23-9-22-14)15(20)16(12)24-13-5-4-11(19)7-10(13)2/h4-5,7-9,24H,3,6H2,1-2H3,(H,21,25)(H,22,23). The van der Waals surface area contributed by atoms with Gasteiger partial charge in [0.1, 0.15) is 13.4 Å². The summed E-state index contributed by atoms with van der Waals surface area (Å²) in [6, 6.07) is 6.86. The minimum absolute atomic E-state index is 0.0982. The Hall–Kier alpha value is -2.83. The first-order valence-corrected chi connectivity index (χ1v) is 8.08. The van der Waals surface area contributed by atoms with Crippen LogP contribution in [0, 0.1) is 12.7 Å². The molecule has 0 bridgehead atoms. The van der Waals surface area contributed by atoms with Crippen LogP contribution in [0.15, 0.2) is 30.6 Å². The molecule has 0 saturated carbocycles. The molecule has 0 aliphatic rings. The van der Waals surface area contributed by atoms with Gasteiger partial charge >= 0.3 is 0 Å². The van der Waals surface area contributed by atoms with Gasteiger partial charge in [-0.25, -0.2) is 9.37 Å². The third-order valence-electron chi connectivity index (χ3n) is 3.94. The summed E-state index contributed by atoms with van der Waals surface area (Å²) < 4.78 is 15.0. The molecule has 2 aromatic carbocycles. The Morgan fingerprint density at radius 1 is 1.36 bits per heavy atom. The highest BCUT2D eigenvalue weighted by Crippen LogP contribution is 2.30. The zero-order valence-electron chi connectivity index (χ0n) is 14.1. The molecule has 3 aromatic rings. The van der Waals surface area contributed by atoms with Gasteiger partial charge in [0.25, 0.3) is 5.91 Å². The maximum absolute atomic E-state index is 15.0. The zero-order chi connectivity index (χ0) is 18.0. The van der Waals surface area contributed by atoms with Gasteiger partial charge in [-0.1, -0.05) is 24.5 Å². The van der Waals surface area contributed by atoms with Crippen molar-refractivity contribution < 1.29 is 9.18 Å². The lowest BCUT2D eigenvalue weighted by Gasteiger charge is -2.15. The van der Waals surface area contributed by atoms with E-state index >= 15 is 0 Å². The molecule has 0 atom stereocenters. The first kappa shape index (κ1) is 17.0. The molecule has 0 aliphatic carbocycles. The lowest BCUT2D eigenvalue weighted by atomic mass is 9.94. The lowest BCUT2D eigenvalue weighted by Crippen LogP contribution is -2.25. The molecule has 7 heteroatoms. The molecule has 2 radical (unpaired) electrons. The number of hydrogen-bond acceptors (Lipinski definition) is 3. The Morgan fingerprint density at radius 2 is 2.16 bits per heavy atom. The number of fused-ring (bicyclic) bond motifs is 1. The number of anilines is 2. The van der Waals surface area contributed by atoms with Crippen LogP contribution in [0.1, 0.15) is 29.3 Å². The summed E-state index contributed by atoms with van der Waals surface area (Å²) in [5.41, 5.74) is 3.11. The first-order chi connectivity index (χ1) is 12.0. The van der Waals surface area contributed by atoms with E-state index in [-0.39, 0.29) is 22.7 Å². The fraction of sp³-hybridized carbons (Fsp3) is 0.222. The van der Waals surface area contributed by atoms with Gasteiger partial charge < -0.3 is 15.6 Å². The number of rotatable bonds is 5. The minimum atomic E-state index is -0.573. The fourth-order valence-corrected chi connectivity index (χ4v) is 2.64. The van der Waals surface area contributed by atoms with Gasteiger partial charge in [0.15, 0.2) is 5.82 Å². The number of nitrogens with zero attached hydrogens (tertiary/aromatic N) is 1. The Bertz CT molecular complexity index is 938. The van der Waals surface area contributed by atoms with Crippen LogP contribution in [0.4, 0.5) is 15.8 Å². The molecule has 0 unspecified atom stereocenters. The Labute approximate surface area is 146 Å². The average molecular weight is 336 g/mol. The SMILES string of the molecule is [B]c1ccc(Nc2c(C(=O)NCCC)cc3[nH]cnc3c2F)c(C)c1. The molecule has 0 spiro atoms.